The minimum Gasteiger partial charge on any atom is -0.479 e. The number of nitrogens with zero attached hydrogens (tertiary/aromatic N) is 2. The van der Waals surface area contributed by atoms with Gasteiger partial charge in [-0.1, -0.05) is 6.07 Å². The number of benzene rings is 2. The van der Waals surface area contributed by atoms with Gasteiger partial charge in [0.2, 0.25) is 0 Å². The van der Waals surface area contributed by atoms with E-state index >= 15 is 0 Å². The average Bonchev–Trinajstić information content (AvgIpc) is 2.60. The molecule has 1 N–H and O–H groups in total. The van der Waals surface area contributed by atoms with E-state index in [9.17, 15) is 19.7 Å². The predicted molar refractivity (Wildman–Crippen MR) is 91.0 cm³/mol. The molecule has 128 valence electrons. The molecule has 2 aromatic rings. The Hall–Kier alpha value is -3.42. The Bertz CT molecular complexity index is 880. The highest BCUT2D eigenvalue weighted by atomic mass is 16.6. The van der Waals surface area contributed by atoms with Crippen LogP contribution in [-0.4, -0.2) is 29.9 Å². The van der Waals surface area contributed by atoms with Crippen LogP contribution in [0.3, 0.4) is 0 Å². The van der Waals surface area contributed by atoms with Crippen LogP contribution >= 0.6 is 0 Å². The summed E-state index contributed by atoms with van der Waals surface area (Å²) in [6.45, 7) is 1.67. The number of hydrogen-bond acceptors (Lipinski definition) is 5. The lowest BCUT2D eigenvalue weighted by Gasteiger charge is -2.30. The molecule has 0 aromatic heterocycles. The molecule has 1 atom stereocenters. The van der Waals surface area contributed by atoms with Gasteiger partial charge in [0.1, 0.15) is 5.75 Å². The number of anilines is 2. The quantitative estimate of drug-likeness (QED) is 0.683. The Morgan fingerprint density at radius 3 is 2.76 bits per heavy atom. The van der Waals surface area contributed by atoms with Gasteiger partial charge in [-0.3, -0.25) is 19.7 Å². The summed E-state index contributed by atoms with van der Waals surface area (Å²) in [6, 6.07) is 10.4. The summed E-state index contributed by atoms with van der Waals surface area (Å²) >= 11 is 0. The van der Waals surface area contributed by atoms with Crippen molar-refractivity contribution >= 4 is 28.9 Å². The van der Waals surface area contributed by atoms with E-state index in [0.29, 0.717) is 17.1 Å². The van der Waals surface area contributed by atoms with Crippen LogP contribution in [0.2, 0.25) is 0 Å². The Kier molecular flexibility index (Phi) is 4.10. The number of likely N-dealkylation sites (N-methyl/N-ethyl adjacent to an activating group) is 1. The van der Waals surface area contributed by atoms with E-state index in [0.717, 1.165) is 0 Å². The van der Waals surface area contributed by atoms with E-state index in [-0.39, 0.29) is 17.2 Å². The van der Waals surface area contributed by atoms with Crippen LogP contribution < -0.4 is 15.0 Å². The summed E-state index contributed by atoms with van der Waals surface area (Å²) in [5.74, 6) is -0.125. The molecule has 1 aliphatic heterocycles. The molecule has 0 spiro atoms. The van der Waals surface area contributed by atoms with E-state index < -0.39 is 16.9 Å². The molecular formula is C17H15N3O5. The van der Waals surface area contributed by atoms with Crippen molar-refractivity contribution in [3.63, 3.8) is 0 Å². The van der Waals surface area contributed by atoms with Gasteiger partial charge in [-0.05, 0) is 31.2 Å². The van der Waals surface area contributed by atoms with Gasteiger partial charge < -0.3 is 15.0 Å². The monoisotopic (exact) mass is 341 g/mol. The molecule has 3 rings (SSSR count). The maximum absolute atomic E-state index is 12.3. The third-order valence-electron chi connectivity index (χ3n) is 3.88. The second-order valence-corrected chi connectivity index (χ2v) is 5.60. The summed E-state index contributed by atoms with van der Waals surface area (Å²) < 4.78 is 5.52. The first-order valence-electron chi connectivity index (χ1n) is 7.51. The standard InChI is InChI=1S/C17H15N3O5/c1-10-17(22)19(2)14-9-12(6-7-15(14)25-10)18-16(21)11-4-3-5-13(8-11)20(23)24/h3-10H,1-2H3,(H,18,21)/t10-/m1/s1. The van der Waals surface area contributed by atoms with Gasteiger partial charge in [-0.15, -0.1) is 0 Å². The van der Waals surface area contributed by atoms with Crippen LogP contribution in [0.15, 0.2) is 42.5 Å². The molecule has 25 heavy (non-hydrogen) atoms. The molecular weight excluding hydrogens is 326 g/mol. The Balaban J connectivity index is 1.84. The lowest BCUT2D eigenvalue weighted by molar-refractivity contribution is -0.384. The number of nitro groups is 1. The van der Waals surface area contributed by atoms with Crippen LogP contribution in [0.1, 0.15) is 17.3 Å². The van der Waals surface area contributed by atoms with Crippen molar-refractivity contribution < 1.29 is 19.2 Å². The Labute approximate surface area is 143 Å². The first-order valence-corrected chi connectivity index (χ1v) is 7.51. The molecule has 1 heterocycles. The average molecular weight is 341 g/mol. The minimum absolute atomic E-state index is 0.161. The second kappa shape index (κ2) is 6.23. The van der Waals surface area contributed by atoms with E-state index in [4.69, 9.17) is 4.74 Å². The largest absolute Gasteiger partial charge is 0.479 e. The maximum atomic E-state index is 12.3. The van der Waals surface area contributed by atoms with Crippen molar-refractivity contribution in [1.82, 2.24) is 0 Å². The molecule has 2 aromatic carbocycles. The normalized spacial score (nSPS) is 16.0. The fraction of sp³-hybridized carbons (Fsp3) is 0.176. The van der Waals surface area contributed by atoms with E-state index in [1.807, 2.05) is 0 Å². The number of nitrogens with one attached hydrogen (secondary N) is 1. The highest BCUT2D eigenvalue weighted by Crippen LogP contribution is 2.35. The van der Waals surface area contributed by atoms with E-state index in [1.54, 1.807) is 32.2 Å². The number of amides is 2. The number of fused-ring (bicyclic) bond motifs is 1. The van der Waals surface area contributed by atoms with Crippen molar-refractivity contribution in [2.75, 3.05) is 17.3 Å². The smallest absolute Gasteiger partial charge is 0.270 e. The first-order chi connectivity index (χ1) is 11.9. The topological polar surface area (TPSA) is 102 Å². The molecule has 8 heteroatoms. The highest BCUT2D eigenvalue weighted by Gasteiger charge is 2.29. The molecule has 8 nitrogen and oxygen atoms in total. The zero-order chi connectivity index (χ0) is 18.1. The van der Waals surface area contributed by atoms with Crippen LogP contribution in [0, 0.1) is 10.1 Å². The summed E-state index contributed by atoms with van der Waals surface area (Å²) in [4.78, 5) is 36.0. The van der Waals surface area contributed by atoms with Crippen LogP contribution in [0.4, 0.5) is 17.1 Å². The van der Waals surface area contributed by atoms with Crippen molar-refractivity contribution in [3.05, 3.63) is 58.1 Å². The van der Waals surface area contributed by atoms with Gasteiger partial charge in [0, 0.05) is 30.4 Å². The summed E-state index contributed by atoms with van der Waals surface area (Å²) in [7, 11) is 1.63. The summed E-state index contributed by atoms with van der Waals surface area (Å²) in [6.07, 6.45) is -0.567. The van der Waals surface area contributed by atoms with Crippen molar-refractivity contribution in [2.45, 2.75) is 13.0 Å². The zero-order valence-electron chi connectivity index (χ0n) is 13.6. The SMILES string of the molecule is C[C@H]1Oc2ccc(NC(=O)c3cccc([N+](=O)[O-])c3)cc2N(C)C1=O. The molecule has 0 fully saturated rings. The molecule has 2 amide bonds. The third kappa shape index (κ3) is 3.14. The Morgan fingerprint density at radius 2 is 2.04 bits per heavy atom. The van der Waals surface area contributed by atoms with Gasteiger partial charge in [-0.25, -0.2) is 0 Å². The number of rotatable bonds is 3. The number of carbonyl (C=O) groups excluding carboxylic acids is 2. The maximum Gasteiger partial charge on any atom is 0.270 e. The van der Waals surface area contributed by atoms with Crippen molar-refractivity contribution in [1.29, 1.82) is 0 Å². The highest BCUT2D eigenvalue weighted by molar-refractivity contribution is 6.06. The summed E-state index contributed by atoms with van der Waals surface area (Å²) in [5.41, 5.74) is 1.00. The molecule has 0 saturated carbocycles. The van der Waals surface area contributed by atoms with Gasteiger partial charge in [0.25, 0.3) is 17.5 Å². The van der Waals surface area contributed by atoms with Gasteiger partial charge in [-0.2, -0.15) is 0 Å². The minimum atomic E-state index is -0.567. The molecule has 1 aliphatic rings. The Morgan fingerprint density at radius 1 is 1.28 bits per heavy atom. The van der Waals surface area contributed by atoms with Crippen molar-refractivity contribution in [2.24, 2.45) is 0 Å². The fourth-order valence-electron chi connectivity index (χ4n) is 2.55. The molecule has 0 aliphatic carbocycles. The zero-order valence-corrected chi connectivity index (χ0v) is 13.6. The van der Waals surface area contributed by atoms with Crippen molar-refractivity contribution in [3.8, 4) is 5.75 Å². The molecule has 0 bridgehead atoms. The second-order valence-electron chi connectivity index (χ2n) is 5.60. The fourth-order valence-corrected chi connectivity index (χ4v) is 2.55. The van der Waals surface area contributed by atoms with Gasteiger partial charge >= 0.3 is 0 Å². The predicted octanol–water partition coefficient (Wildman–Crippen LogP) is 2.59. The van der Waals surface area contributed by atoms with Gasteiger partial charge in [0.15, 0.2) is 6.10 Å². The third-order valence-corrected chi connectivity index (χ3v) is 3.88. The number of nitro benzene ring substituents is 1. The molecule has 0 unspecified atom stereocenters. The number of carbonyl (C=O) groups is 2. The van der Waals surface area contributed by atoms with Gasteiger partial charge in [0.05, 0.1) is 10.6 Å². The molecule has 0 radical (unpaired) electrons. The number of ether oxygens (including phenoxy) is 1. The van der Waals surface area contributed by atoms with E-state index in [1.165, 1.54) is 29.2 Å². The van der Waals surface area contributed by atoms with Crippen LogP contribution in [-0.2, 0) is 4.79 Å². The van der Waals surface area contributed by atoms with Crippen LogP contribution in [0.25, 0.3) is 0 Å². The van der Waals surface area contributed by atoms with E-state index in [2.05, 4.69) is 5.32 Å². The first kappa shape index (κ1) is 16.4. The lowest BCUT2D eigenvalue weighted by atomic mass is 10.1. The number of hydrogen-bond donors (Lipinski definition) is 1. The summed E-state index contributed by atoms with van der Waals surface area (Å²) in [5, 5.41) is 13.5. The number of non-ortho nitro benzene ring substituents is 1. The lowest BCUT2D eigenvalue weighted by Crippen LogP contribution is -2.41. The molecule has 0 saturated heterocycles. The van der Waals surface area contributed by atoms with Crippen LogP contribution in [0.5, 0.6) is 5.75 Å².